The van der Waals surface area contributed by atoms with E-state index in [2.05, 4.69) is 66.3 Å². The molecule has 2 N–H and O–H groups in total. The number of carbonyl (C=O) groups is 1. The van der Waals surface area contributed by atoms with Crippen LogP contribution < -0.4 is 5.32 Å². The number of hydrogen-bond donors (Lipinski definition) is 2. The summed E-state index contributed by atoms with van der Waals surface area (Å²) in [5.74, 6) is 0.109. The van der Waals surface area contributed by atoms with Crippen LogP contribution in [0, 0.1) is 12.3 Å². The highest BCUT2D eigenvalue weighted by Crippen LogP contribution is 2.28. The second kappa shape index (κ2) is 14.7. The lowest BCUT2D eigenvalue weighted by molar-refractivity contribution is 0.0523. The molecule has 1 amide bonds. The van der Waals surface area contributed by atoms with Gasteiger partial charge in [-0.25, -0.2) is 9.79 Å². The quantitative estimate of drug-likeness (QED) is 0.152. The van der Waals surface area contributed by atoms with Crippen LogP contribution >= 0.6 is 0 Å². The molecule has 3 rings (SSSR count). The Kier molecular flexibility index (Phi) is 11.1. The van der Waals surface area contributed by atoms with Gasteiger partial charge in [-0.1, -0.05) is 85.5 Å². The molecule has 0 fully saturated rings. The van der Waals surface area contributed by atoms with E-state index in [9.17, 15) is 4.79 Å². The van der Waals surface area contributed by atoms with Crippen LogP contribution in [0.5, 0.6) is 0 Å². The number of nitrogens with one attached hydrogen (secondary N) is 2. The second-order valence-electron chi connectivity index (χ2n) is 10.6. The summed E-state index contributed by atoms with van der Waals surface area (Å²) in [5, 5.41) is 11.6. The minimum atomic E-state index is -0.549. The van der Waals surface area contributed by atoms with E-state index in [-0.39, 0.29) is 5.84 Å². The Balaban J connectivity index is 1.95. The third-order valence-electron chi connectivity index (χ3n) is 6.23. The molecule has 0 spiro atoms. The van der Waals surface area contributed by atoms with Crippen molar-refractivity contribution < 1.29 is 9.53 Å². The zero-order chi connectivity index (χ0) is 29.8. The molecule has 0 atom stereocenters. The Labute approximate surface area is 244 Å². The number of alkyl carbamates (subject to hydrolysis) is 1. The van der Waals surface area contributed by atoms with Crippen molar-refractivity contribution in [3.63, 3.8) is 0 Å². The Morgan fingerprint density at radius 1 is 1.02 bits per heavy atom. The molecule has 0 aliphatic carbocycles. The van der Waals surface area contributed by atoms with Gasteiger partial charge in [0.25, 0.3) is 0 Å². The molecule has 0 unspecified atom stereocenters. The smallest absolute Gasteiger partial charge is 0.407 e. The molecule has 0 saturated heterocycles. The summed E-state index contributed by atoms with van der Waals surface area (Å²) in [6.45, 7) is 13.7. The van der Waals surface area contributed by atoms with Crippen LogP contribution in [0.4, 0.5) is 4.79 Å². The molecular formula is C35H40N4O2. The topological polar surface area (TPSA) is 86.9 Å². The predicted molar refractivity (Wildman–Crippen MR) is 171 cm³/mol. The van der Waals surface area contributed by atoms with Crippen molar-refractivity contribution in [2.45, 2.75) is 59.6 Å². The van der Waals surface area contributed by atoms with E-state index in [0.29, 0.717) is 25.0 Å². The largest absolute Gasteiger partial charge is 0.444 e. The molecular weight excluding hydrogens is 508 g/mol. The fraction of sp³-hybridized carbons (Fsp3) is 0.257. The zero-order valence-electron chi connectivity index (χ0n) is 24.7. The zero-order valence-corrected chi connectivity index (χ0v) is 24.7. The monoisotopic (exact) mass is 548 g/mol. The molecule has 3 aromatic carbocycles. The number of ether oxygens (including phenoxy) is 1. The first-order valence-corrected chi connectivity index (χ1v) is 13.8. The van der Waals surface area contributed by atoms with E-state index >= 15 is 0 Å². The van der Waals surface area contributed by atoms with Gasteiger partial charge in [-0.2, -0.15) is 0 Å². The number of amides is 1. The Morgan fingerprint density at radius 2 is 1.73 bits per heavy atom. The summed E-state index contributed by atoms with van der Waals surface area (Å²) in [6.07, 6.45) is 5.75. The number of benzene rings is 3. The van der Waals surface area contributed by atoms with Crippen LogP contribution in [0.25, 0.3) is 11.1 Å². The second-order valence-corrected chi connectivity index (χ2v) is 10.6. The predicted octanol–water partition coefficient (Wildman–Crippen LogP) is 8.25. The molecule has 0 aromatic heterocycles. The van der Waals surface area contributed by atoms with Gasteiger partial charge in [0.15, 0.2) is 5.84 Å². The standard InChI is InChI=1S/C35H40N4O2/c1-7-28(24-37-8-2)33(36)39-31(32-25(3)14-12-19-30(32)29-17-10-9-11-18-29)21-20-26-15-13-16-27(22-26)23-38-34(40)41-35(4,5)6/h7-19,22,24,36H,1,20-21,23H2,2-6H3,(H,38,40)/b28-24+,36-33?,37-8-,39-31-. The van der Waals surface area contributed by atoms with E-state index in [1.165, 1.54) is 0 Å². The molecule has 6 nitrogen and oxygen atoms in total. The lowest BCUT2D eigenvalue weighted by Gasteiger charge is -2.19. The van der Waals surface area contributed by atoms with Gasteiger partial charge in [0, 0.05) is 30.1 Å². The van der Waals surface area contributed by atoms with Crippen LogP contribution in [0.15, 0.2) is 107 Å². The Morgan fingerprint density at radius 3 is 2.41 bits per heavy atom. The maximum Gasteiger partial charge on any atom is 0.407 e. The Bertz CT molecular complexity index is 1460. The molecule has 0 bridgehead atoms. The summed E-state index contributed by atoms with van der Waals surface area (Å²) in [4.78, 5) is 21.2. The van der Waals surface area contributed by atoms with Gasteiger partial charge in [0.1, 0.15) is 5.60 Å². The van der Waals surface area contributed by atoms with E-state index in [4.69, 9.17) is 15.1 Å². The van der Waals surface area contributed by atoms with Crippen molar-refractivity contribution in [3.05, 3.63) is 119 Å². The number of aryl methyl sites for hydroxylation is 2. The SMILES string of the molecule is C=C/C(=C\N=C/C)C(=N)/N=C(/CCc1cccc(CNC(=O)OC(C)(C)C)c1)c1c(C)cccc1-c1ccccc1. The average Bonchev–Trinajstić information content (AvgIpc) is 2.94. The van der Waals surface area contributed by atoms with E-state index in [1.807, 2.05) is 58.0 Å². The normalized spacial score (nSPS) is 12.3. The fourth-order valence-electron chi connectivity index (χ4n) is 4.36. The van der Waals surface area contributed by atoms with Crippen LogP contribution in [-0.4, -0.2) is 29.5 Å². The molecule has 0 saturated carbocycles. The van der Waals surface area contributed by atoms with E-state index in [0.717, 1.165) is 39.1 Å². The van der Waals surface area contributed by atoms with Crippen molar-refractivity contribution in [2.75, 3.05) is 0 Å². The highest BCUT2D eigenvalue weighted by atomic mass is 16.6. The molecule has 212 valence electrons. The summed E-state index contributed by atoms with van der Waals surface area (Å²) < 4.78 is 5.36. The molecule has 3 aromatic rings. The van der Waals surface area contributed by atoms with Gasteiger partial charge in [-0.05, 0) is 75.3 Å². The van der Waals surface area contributed by atoms with Crippen molar-refractivity contribution in [1.29, 1.82) is 5.41 Å². The minimum absolute atomic E-state index is 0.109. The summed E-state index contributed by atoms with van der Waals surface area (Å²) in [5.41, 5.74) is 7.18. The lowest BCUT2D eigenvalue weighted by atomic mass is 9.90. The number of amidine groups is 1. The van der Waals surface area contributed by atoms with Gasteiger partial charge < -0.3 is 10.1 Å². The van der Waals surface area contributed by atoms with Gasteiger partial charge in [0.05, 0.1) is 5.71 Å². The van der Waals surface area contributed by atoms with E-state index in [1.54, 1.807) is 18.5 Å². The fourth-order valence-corrected chi connectivity index (χ4v) is 4.36. The molecule has 41 heavy (non-hydrogen) atoms. The summed E-state index contributed by atoms with van der Waals surface area (Å²) in [6, 6.07) is 24.6. The number of aliphatic imine (C=N–C) groups is 2. The minimum Gasteiger partial charge on any atom is -0.444 e. The summed E-state index contributed by atoms with van der Waals surface area (Å²) in [7, 11) is 0. The molecule has 0 heterocycles. The van der Waals surface area contributed by atoms with Gasteiger partial charge in [0.2, 0.25) is 0 Å². The van der Waals surface area contributed by atoms with Crippen LogP contribution in [-0.2, 0) is 17.7 Å². The van der Waals surface area contributed by atoms with Gasteiger partial charge >= 0.3 is 6.09 Å². The number of hydrogen-bond acceptors (Lipinski definition) is 4. The van der Waals surface area contributed by atoms with Crippen LogP contribution in [0.1, 0.15) is 56.4 Å². The highest BCUT2D eigenvalue weighted by molar-refractivity contribution is 6.15. The van der Waals surface area contributed by atoms with Crippen LogP contribution in [0.2, 0.25) is 0 Å². The van der Waals surface area contributed by atoms with Crippen molar-refractivity contribution in [2.24, 2.45) is 9.98 Å². The van der Waals surface area contributed by atoms with Crippen molar-refractivity contribution in [3.8, 4) is 11.1 Å². The van der Waals surface area contributed by atoms with Gasteiger partial charge in [-0.15, -0.1) is 0 Å². The lowest BCUT2D eigenvalue weighted by Crippen LogP contribution is -2.32. The first kappa shape index (κ1) is 31.0. The third-order valence-corrected chi connectivity index (χ3v) is 6.23. The van der Waals surface area contributed by atoms with E-state index < -0.39 is 11.7 Å². The maximum atomic E-state index is 12.1. The number of carbonyl (C=O) groups excluding carboxylic acids is 1. The van der Waals surface area contributed by atoms with Gasteiger partial charge in [-0.3, -0.25) is 10.4 Å². The molecule has 0 aliphatic rings. The molecule has 6 heteroatoms. The first-order chi connectivity index (χ1) is 19.6. The molecule has 0 radical (unpaired) electrons. The van der Waals surface area contributed by atoms with Crippen molar-refractivity contribution in [1.82, 2.24) is 5.32 Å². The first-order valence-electron chi connectivity index (χ1n) is 13.8. The number of nitrogens with zero attached hydrogens (tertiary/aromatic N) is 2. The highest BCUT2D eigenvalue weighted by Gasteiger charge is 2.17. The molecule has 0 aliphatic heterocycles. The van der Waals surface area contributed by atoms with Crippen molar-refractivity contribution >= 4 is 23.9 Å². The van der Waals surface area contributed by atoms with Crippen LogP contribution in [0.3, 0.4) is 0 Å². The third kappa shape index (κ3) is 9.53. The number of rotatable bonds is 10. The summed E-state index contributed by atoms with van der Waals surface area (Å²) >= 11 is 0. The maximum absolute atomic E-state index is 12.1. The average molecular weight is 549 g/mol. The Hall–Kier alpha value is -4.58.